The highest BCUT2D eigenvalue weighted by Crippen LogP contribution is 2.21. The SMILES string of the molecule is CCOC(=O)c1ccc(N2CCC(NS(=O)(=O)c3cccs3)CC2)nc1. The molecule has 0 unspecified atom stereocenters. The normalized spacial score (nSPS) is 15.8. The number of carbonyl (C=O) groups is 1. The average molecular weight is 396 g/mol. The quantitative estimate of drug-likeness (QED) is 0.755. The number of aromatic nitrogens is 1. The van der Waals surface area contributed by atoms with Crippen LogP contribution in [0.15, 0.2) is 40.1 Å². The molecule has 9 heteroatoms. The van der Waals surface area contributed by atoms with E-state index in [1.807, 2.05) is 0 Å². The first-order valence-corrected chi connectivity index (χ1v) is 10.8. The van der Waals surface area contributed by atoms with Crippen LogP contribution >= 0.6 is 11.3 Å². The van der Waals surface area contributed by atoms with E-state index in [1.54, 1.807) is 36.6 Å². The summed E-state index contributed by atoms with van der Waals surface area (Å²) in [5.74, 6) is 0.394. The third-order valence-corrected chi connectivity index (χ3v) is 7.08. The Labute approximate surface area is 157 Å². The Kier molecular flexibility index (Phi) is 5.90. The van der Waals surface area contributed by atoms with Gasteiger partial charge in [0.25, 0.3) is 0 Å². The zero-order chi connectivity index (χ0) is 18.6. The van der Waals surface area contributed by atoms with E-state index in [1.165, 1.54) is 17.5 Å². The van der Waals surface area contributed by atoms with E-state index in [9.17, 15) is 13.2 Å². The molecule has 0 spiro atoms. The van der Waals surface area contributed by atoms with Gasteiger partial charge in [-0.25, -0.2) is 22.9 Å². The van der Waals surface area contributed by atoms with Gasteiger partial charge in [0.05, 0.1) is 12.2 Å². The molecule has 2 aromatic rings. The molecular weight excluding hydrogens is 374 g/mol. The minimum Gasteiger partial charge on any atom is -0.462 e. The molecule has 1 aliphatic rings. The van der Waals surface area contributed by atoms with Crippen molar-refractivity contribution >= 4 is 33.1 Å². The van der Waals surface area contributed by atoms with Gasteiger partial charge in [-0.15, -0.1) is 11.3 Å². The van der Waals surface area contributed by atoms with Crippen LogP contribution in [0.1, 0.15) is 30.1 Å². The molecule has 26 heavy (non-hydrogen) atoms. The number of thiophene rings is 1. The first-order chi connectivity index (χ1) is 12.5. The van der Waals surface area contributed by atoms with Crippen molar-refractivity contribution in [2.24, 2.45) is 0 Å². The third-order valence-electron chi connectivity index (χ3n) is 4.16. The predicted molar refractivity (Wildman–Crippen MR) is 100 cm³/mol. The summed E-state index contributed by atoms with van der Waals surface area (Å²) in [4.78, 5) is 18.1. The number of esters is 1. The van der Waals surface area contributed by atoms with Gasteiger partial charge in [0.2, 0.25) is 10.0 Å². The van der Waals surface area contributed by atoms with Crippen molar-refractivity contribution in [2.75, 3.05) is 24.6 Å². The van der Waals surface area contributed by atoms with Crippen molar-refractivity contribution < 1.29 is 17.9 Å². The summed E-state index contributed by atoms with van der Waals surface area (Å²) in [7, 11) is -3.44. The van der Waals surface area contributed by atoms with E-state index in [2.05, 4.69) is 14.6 Å². The molecular formula is C17H21N3O4S2. The lowest BCUT2D eigenvalue weighted by Crippen LogP contribution is -2.44. The molecule has 0 aromatic carbocycles. The summed E-state index contributed by atoms with van der Waals surface area (Å²) in [5, 5.41) is 1.75. The zero-order valence-electron chi connectivity index (χ0n) is 14.4. The molecule has 1 N–H and O–H groups in total. The van der Waals surface area contributed by atoms with Crippen molar-refractivity contribution in [3.63, 3.8) is 0 Å². The molecule has 1 fully saturated rings. The van der Waals surface area contributed by atoms with Crippen molar-refractivity contribution in [2.45, 2.75) is 30.0 Å². The lowest BCUT2D eigenvalue weighted by molar-refractivity contribution is 0.0526. The van der Waals surface area contributed by atoms with Crippen LogP contribution in [0.25, 0.3) is 0 Å². The standard InChI is InChI=1S/C17H21N3O4S2/c1-2-24-17(21)13-5-6-15(18-12-13)20-9-7-14(8-10-20)19-26(22,23)16-4-3-11-25-16/h3-6,11-12,14,19H,2,7-10H2,1H3. The molecule has 0 bridgehead atoms. The monoisotopic (exact) mass is 395 g/mol. The van der Waals surface area contributed by atoms with Crippen molar-refractivity contribution in [3.05, 3.63) is 41.4 Å². The molecule has 3 rings (SSSR count). The third kappa shape index (κ3) is 4.40. The van der Waals surface area contributed by atoms with Crippen LogP contribution in [0, 0.1) is 0 Å². The first-order valence-electron chi connectivity index (χ1n) is 8.43. The fourth-order valence-electron chi connectivity index (χ4n) is 2.83. The summed E-state index contributed by atoms with van der Waals surface area (Å²) in [5.41, 5.74) is 0.425. The van der Waals surface area contributed by atoms with Crippen LogP contribution < -0.4 is 9.62 Å². The number of pyridine rings is 1. The van der Waals surface area contributed by atoms with Crippen LogP contribution in [-0.4, -0.2) is 45.1 Å². The minimum atomic E-state index is -3.44. The highest BCUT2D eigenvalue weighted by molar-refractivity contribution is 7.91. The highest BCUT2D eigenvalue weighted by Gasteiger charge is 2.25. The summed E-state index contributed by atoms with van der Waals surface area (Å²) in [6, 6.07) is 6.75. The number of carbonyl (C=O) groups excluding carboxylic acids is 1. The Morgan fingerprint density at radius 1 is 1.35 bits per heavy atom. The maximum absolute atomic E-state index is 12.3. The number of nitrogens with zero attached hydrogens (tertiary/aromatic N) is 2. The van der Waals surface area contributed by atoms with Crippen LogP contribution in [0.3, 0.4) is 0 Å². The van der Waals surface area contributed by atoms with Crippen LogP contribution in [0.4, 0.5) is 5.82 Å². The predicted octanol–water partition coefficient (Wildman–Crippen LogP) is 2.27. The van der Waals surface area contributed by atoms with E-state index in [4.69, 9.17) is 4.74 Å². The number of hydrogen-bond donors (Lipinski definition) is 1. The fourth-order valence-corrected chi connectivity index (χ4v) is 5.14. The molecule has 0 radical (unpaired) electrons. The molecule has 3 heterocycles. The van der Waals surface area contributed by atoms with Crippen molar-refractivity contribution in [3.8, 4) is 0 Å². The summed E-state index contributed by atoms with van der Waals surface area (Å²) >= 11 is 1.21. The molecule has 1 aliphatic heterocycles. The fraction of sp³-hybridized carbons (Fsp3) is 0.412. The Bertz CT molecular complexity index is 827. The lowest BCUT2D eigenvalue weighted by Gasteiger charge is -2.32. The molecule has 0 aliphatic carbocycles. The summed E-state index contributed by atoms with van der Waals surface area (Å²) < 4.78 is 32.7. The van der Waals surface area contributed by atoms with Gasteiger partial charge in [-0.1, -0.05) is 6.07 Å². The van der Waals surface area contributed by atoms with Gasteiger partial charge in [-0.3, -0.25) is 0 Å². The van der Waals surface area contributed by atoms with Gasteiger partial charge >= 0.3 is 5.97 Å². The maximum atomic E-state index is 12.3. The average Bonchev–Trinajstić information content (AvgIpc) is 3.18. The maximum Gasteiger partial charge on any atom is 0.339 e. The second-order valence-corrected chi connectivity index (χ2v) is 8.83. The van der Waals surface area contributed by atoms with Crippen LogP contribution in [0.5, 0.6) is 0 Å². The second kappa shape index (κ2) is 8.15. The van der Waals surface area contributed by atoms with Gasteiger partial charge in [-0.05, 0) is 43.3 Å². The second-order valence-electron chi connectivity index (χ2n) is 5.94. The number of piperidine rings is 1. The number of anilines is 1. The lowest BCUT2D eigenvalue weighted by atomic mass is 10.1. The van der Waals surface area contributed by atoms with Gasteiger partial charge < -0.3 is 9.64 Å². The van der Waals surface area contributed by atoms with Crippen LogP contribution in [0.2, 0.25) is 0 Å². The van der Waals surface area contributed by atoms with E-state index in [0.717, 1.165) is 5.82 Å². The highest BCUT2D eigenvalue weighted by atomic mass is 32.2. The summed E-state index contributed by atoms with van der Waals surface area (Å²) in [6.07, 6.45) is 2.91. The van der Waals surface area contributed by atoms with E-state index in [0.29, 0.717) is 42.3 Å². The largest absolute Gasteiger partial charge is 0.462 e. The van der Waals surface area contributed by atoms with Crippen molar-refractivity contribution in [1.29, 1.82) is 0 Å². The van der Waals surface area contributed by atoms with Gasteiger partial charge in [0.1, 0.15) is 10.0 Å². The number of hydrogen-bond acceptors (Lipinski definition) is 7. The number of sulfonamides is 1. The Morgan fingerprint density at radius 2 is 2.12 bits per heavy atom. The van der Waals surface area contributed by atoms with Gasteiger partial charge in [0, 0.05) is 25.3 Å². The number of ether oxygens (including phenoxy) is 1. The van der Waals surface area contributed by atoms with E-state index < -0.39 is 10.0 Å². The Morgan fingerprint density at radius 3 is 2.69 bits per heavy atom. The summed E-state index contributed by atoms with van der Waals surface area (Å²) in [6.45, 7) is 3.48. The Balaban J connectivity index is 1.56. The van der Waals surface area contributed by atoms with E-state index >= 15 is 0 Å². The minimum absolute atomic E-state index is 0.0860. The van der Waals surface area contributed by atoms with E-state index in [-0.39, 0.29) is 12.0 Å². The number of rotatable bonds is 6. The molecule has 1 saturated heterocycles. The zero-order valence-corrected chi connectivity index (χ0v) is 16.1. The molecule has 0 atom stereocenters. The van der Waals surface area contributed by atoms with Crippen molar-refractivity contribution in [1.82, 2.24) is 9.71 Å². The molecule has 7 nitrogen and oxygen atoms in total. The van der Waals surface area contributed by atoms with Gasteiger partial charge in [-0.2, -0.15) is 0 Å². The topological polar surface area (TPSA) is 88.6 Å². The smallest absolute Gasteiger partial charge is 0.339 e. The van der Waals surface area contributed by atoms with Crippen LogP contribution in [-0.2, 0) is 14.8 Å². The first kappa shape index (κ1) is 18.8. The molecule has 140 valence electrons. The Hall–Kier alpha value is -1.97. The number of nitrogens with one attached hydrogen (secondary N) is 1. The molecule has 0 amide bonds. The molecule has 2 aromatic heterocycles. The van der Waals surface area contributed by atoms with Gasteiger partial charge in [0.15, 0.2) is 0 Å². The molecule has 0 saturated carbocycles.